The molecule has 2 aromatic heterocycles. The summed E-state index contributed by atoms with van der Waals surface area (Å²) in [4.78, 5) is 10.2. The van der Waals surface area contributed by atoms with Gasteiger partial charge in [-0.2, -0.15) is 0 Å². The minimum atomic E-state index is 0.866. The first-order chi connectivity index (χ1) is 34.1. The van der Waals surface area contributed by atoms with Crippen molar-refractivity contribution in [1.29, 1.82) is 0 Å². The fraction of sp³-hybridized carbons (Fsp3) is 0. The van der Waals surface area contributed by atoms with E-state index in [2.05, 4.69) is 237 Å². The third-order valence-corrected chi connectivity index (χ3v) is 15.3. The van der Waals surface area contributed by atoms with E-state index in [1.807, 2.05) is 17.5 Å². The molecule has 14 rings (SSSR count). The second-order valence-corrected chi connectivity index (χ2v) is 19.2. The molecule has 0 aliphatic carbocycles. The molecule has 14 aromatic rings. The molecule has 12 aromatic carbocycles. The first-order valence-corrected chi connectivity index (χ1v) is 24.3. The Morgan fingerprint density at radius 1 is 0.275 bits per heavy atom. The Morgan fingerprint density at radius 2 is 0.754 bits per heavy atom. The summed E-state index contributed by atoms with van der Waals surface area (Å²) in [6.07, 6.45) is 1.91. The van der Waals surface area contributed by atoms with Gasteiger partial charge < -0.3 is 0 Å². The largest absolute Gasteiger partial charge is 0.252 e. The van der Waals surface area contributed by atoms with E-state index in [1.165, 1.54) is 103 Å². The van der Waals surface area contributed by atoms with Crippen LogP contribution < -0.4 is 0 Å². The van der Waals surface area contributed by atoms with Crippen molar-refractivity contribution in [3.63, 3.8) is 0 Å². The zero-order valence-corrected chi connectivity index (χ0v) is 38.2. The maximum Gasteiger partial charge on any atom is 0.0979 e. The standard InChI is InChI=1S/C66H40N2S/c1-3-12-47-35-51(30-24-41(47)10-1)53-32-33-63-60(37-53)61-39-54(52-31-25-42-11-2-4-13-48(42)36-52)38-59(66(61)69-63)45-26-20-43(21-27-45)49-14-9-15-50(34-49)44-22-28-46(29-23-44)62-40-67-64-57-18-7-5-16-55(57)56-17-6-8-19-58(56)65(64)68-62/h1-40H. The predicted octanol–water partition coefficient (Wildman–Crippen LogP) is 18.6. The summed E-state index contributed by atoms with van der Waals surface area (Å²) in [6.45, 7) is 0. The molecule has 0 N–H and O–H groups in total. The van der Waals surface area contributed by atoms with Gasteiger partial charge in [-0.3, -0.25) is 4.98 Å². The zero-order valence-electron chi connectivity index (χ0n) is 37.4. The quantitative estimate of drug-likeness (QED) is 0.155. The van der Waals surface area contributed by atoms with Gasteiger partial charge in [0, 0.05) is 42.1 Å². The van der Waals surface area contributed by atoms with Crippen LogP contribution in [0.1, 0.15) is 0 Å². The maximum atomic E-state index is 5.23. The smallest absolute Gasteiger partial charge is 0.0979 e. The molecule has 69 heavy (non-hydrogen) atoms. The Hall–Kier alpha value is -8.76. The Labute approximate surface area is 403 Å². The third-order valence-electron chi connectivity index (χ3n) is 14.1. The molecule has 3 heteroatoms. The lowest BCUT2D eigenvalue weighted by Crippen LogP contribution is -1.92. The molecule has 0 aliphatic heterocycles. The molecular formula is C66H40N2S. The summed E-state index contributed by atoms with van der Waals surface area (Å²) in [6, 6.07) is 86.5. The summed E-state index contributed by atoms with van der Waals surface area (Å²) in [5.41, 5.74) is 15.8. The number of benzene rings is 12. The second kappa shape index (κ2) is 16.0. The summed E-state index contributed by atoms with van der Waals surface area (Å²) >= 11 is 1.89. The van der Waals surface area contributed by atoms with Crippen molar-refractivity contribution in [1.82, 2.24) is 9.97 Å². The van der Waals surface area contributed by atoms with E-state index in [1.54, 1.807) is 0 Å². The van der Waals surface area contributed by atoms with E-state index >= 15 is 0 Å². The molecule has 320 valence electrons. The van der Waals surface area contributed by atoms with E-state index in [-0.39, 0.29) is 0 Å². The first kappa shape index (κ1) is 39.4. The van der Waals surface area contributed by atoms with Crippen LogP contribution in [0, 0.1) is 0 Å². The van der Waals surface area contributed by atoms with Gasteiger partial charge in [0.05, 0.1) is 22.9 Å². The van der Waals surface area contributed by atoms with E-state index < -0.39 is 0 Å². The van der Waals surface area contributed by atoms with Crippen molar-refractivity contribution >= 4 is 85.6 Å². The Bertz CT molecular complexity index is 4320. The molecule has 2 nitrogen and oxygen atoms in total. The summed E-state index contributed by atoms with van der Waals surface area (Å²) in [5, 5.41) is 12.2. The van der Waals surface area contributed by atoms with Gasteiger partial charge in [0.15, 0.2) is 0 Å². The SMILES string of the molecule is c1cc(-c2ccc(-c3cnc4c5ccccc5c5ccccc5c4n3)cc2)cc(-c2ccc(-c3cc(-c4ccc5ccccc5c4)cc4c3sc3ccc(-c5ccc6ccccc6c5)cc34)cc2)c1. The molecule has 0 atom stereocenters. The van der Waals surface area contributed by atoms with Crippen LogP contribution in [0.5, 0.6) is 0 Å². The Kier molecular flexibility index (Phi) is 9.11. The highest BCUT2D eigenvalue weighted by Gasteiger charge is 2.17. The zero-order chi connectivity index (χ0) is 45.4. The van der Waals surface area contributed by atoms with Gasteiger partial charge in [0.25, 0.3) is 0 Å². The minimum absolute atomic E-state index is 0.866. The van der Waals surface area contributed by atoms with Gasteiger partial charge in [-0.1, -0.05) is 194 Å². The van der Waals surface area contributed by atoms with Gasteiger partial charge in [-0.15, -0.1) is 11.3 Å². The average molecular weight is 893 g/mol. The fourth-order valence-corrected chi connectivity index (χ4v) is 11.7. The molecule has 0 amide bonds. The summed E-state index contributed by atoms with van der Waals surface area (Å²) < 4.78 is 2.60. The van der Waals surface area contributed by atoms with Crippen LogP contribution in [0.25, 0.3) is 141 Å². The molecule has 0 radical (unpaired) electrons. The maximum absolute atomic E-state index is 5.23. The normalized spacial score (nSPS) is 11.8. The van der Waals surface area contributed by atoms with Gasteiger partial charge in [-0.25, -0.2) is 4.98 Å². The van der Waals surface area contributed by atoms with Gasteiger partial charge in [-0.05, 0) is 125 Å². The minimum Gasteiger partial charge on any atom is -0.252 e. The lowest BCUT2D eigenvalue weighted by Gasteiger charge is -2.12. The molecule has 0 saturated heterocycles. The van der Waals surface area contributed by atoms with Crippen LogP contribution in [-0.2, 0) is 0 Å². The summed E-state index contributed by atoms with van der Waals surface area (Å²) in [7, 11) is 0. The van der Waals surface area contributed by atoms with Gasteiger partial charge >= 0.3 is 0 Å². The van der Waals surface area contributed by atoms with E-state index in [0.717, 1.165) is 38.6 Å². The van der Waals surface area contributed by atoms with Crippen molar-refractivity contribution in [3.8, 4) is 66.9 Å². The summed E-state index contributed by atoms with van der Waals surface area (Å²) in [5.74, 6) is 0. The van der Waals surface area contributed by atoms with E-state index in [0.29, 0.717) is 0 Å². The molecule has 0 aliphatic rings. The number of hydrogen-bond acceptors (Lipinski definition) is 3. The van der Waals surface area contributed by atoms with Crippen molar-refractivity contribution in [2.24, 2.45) is 0 Å². The van der Waals surface area contributed by atoms with Crippen LogP contribution in [0.4, 0.5) is 0 Å². The highest BCUT2D eigenvalue weighted by molar-refractivity contribution is 7.26. The van der Waals surface area contributed by atoms with Crippen molar-refractivity contribution < 1.29 is 0 Å². The highest BCUT2D eigenvalue weighted by Crippen LogP contribution is 2.45. The van der Waals surface area contributed by atoms with Crippen molar-refractivity contribution in [2.45, 2.75) is 0 Å². The van der Waals surface area contributed by atoms with Crippen LogP contribution in [0.3, 0.4) is 0 Å². The first-order valence-electron chi connectivity index (χ1n) is 23.5. The van der Waals surface area contributed by atoms with Crippen molar-refractivity contribution in [2.75, 3.05) is 0 Å². The monoisotopic (exact) mass is 892 g/mol. The Morgan fingerprint density at radius 3 is 1.41 bits per heavy atom. The lowest BCUT2D eigenvalue weighted by molar-refractivity contribution is 1.31. The lowest BCUT2D eigenvalue weighted by atomic mass is 9.93. The van der Waals surface area contributed by atoms with Crippen LogP contribution in [-0.4, -0.2) is 9.97 Å². The number of aromatic nitrogens is 2. The molecule has 0 spiro atoms. The molecular weight excluding hydrogens is 853 g/mol. The Balaban J connectivity index is 0.812. The topological polar surface area (TPSA) is 25.8 Å². The van der Waals surface area contributed by atoms with Crippen molar-refractivity contribution in [3.05, 3.63) is 243 Å². The second-order valence-electron chi connectivity index (χ2n) is 18.1. The fourth-order valence-electron chi connectivity index (χ4n) is 10.5. The van der Waals surface area contributed by atoms with Crippen LogP contribution >= 0.6 is 11.3 Å². The van der Waals surface area contributed by atoms with E-state index in [4.69, 9.17) is 9.97 Å². The van der Waals surface area contributed by atoms with Gasteiger partial charge in [0.1, 0.15) is 0 Å². The molecule has 2 heterocycles. The number of thiophene rings is 1. The molecule has 0 saturated carbocycles. The molecule has 0 bridgehead atoms. The van der Waals surface area contributed by atoms with E-state index in [9.17, 15) is 0 Å². The highest BCUT2D eigenvalue weighted by atomic mass is 32.1. The average Bonchev–Trinajstić information content (AvgIpc) is 3.80. The van der Waals surface area contributed by atoms with Crippen LogP contribution in [0.2, 0.25) is 0 Å². The molecule has 0 fully saturated rings. The number of nitrogens with zero attached hydrogens (tertiary/aromatic N) is 2. The van der Waals surface area contributed by atoms with Crippen LogP contribution in [0.15, 0.2) is 243 Å². The number of rotatable bonds is 6. The number of hydrogen-bond donors (Lipinski definition) is 0. The van der Waals surface area contributed by atoms with Gasteiger partial charge in [0.2, 0.25) is 0 Å². The predicted molar refractivity (Wildman–Crippen MR) is 295 cm³/mol. The number of fused-ring (bicyclic) bond motifs is 11. The third kappa shape index (κ3) is 6.78. The molecule has 0 unspecified atom stereocenters.